The van der Waals surface area contributed by atoms with Crippen molar-refractivity contribution in [3.05, 3.63) is 0 Å². The predicted octanol–water partition coefficient (Wildman–Crippen LogP) is 4.50. The maximum atomic E-state index is 11.6. The third-order valence-corrected chi connectivity index (χ3v) is 6.75. The zero-order valence-corrected chi connectivity index (χ0v) is 19.0. The molecule has 0 aromatic rings. The number of nitrogens with two attached hydrogens (primary N) is 1. The molecular weight excluding hydrogens is 324 g/mol. The summed E-state index contributed by atoms with van der Waals surface area (Å²) in [5, 5.41) is 11.7. The molecule has 0 aromatic carbocycles. The van der Waals surface area contributed by atoms with Crippen molar-refractivity contribution < 1.29 is 9.90 Å². The number of hydrogen-bond acceptors (Lipinski definition) is 3. The first kappa shape index (κ1) is 25.4. The molecule has 0 aliphatic heterocycles. The predicted molar refractivity (Wildman–Crippen MR) is 112 cm³/mol. The number of amides is 1. The topological polar surface area (TPSA) is 75.3 Å². The first-order valence-corrected chi connectivity index (χ1v) is 10.2. The highest BCUT2D eigenvalue weighted by Gasteiger charge is 2.47. The summed E-state index contributed by atoms with van der Waals surface area (Å²) in [5.74, 6) is 0.478. The molecule has 0 spiro atoms. The third kappa shape index (κ3) is 7.96. The van der Waals surface area contributed by atoms with E-state index in [1.54, 1.807) is 0 Å². The average molecular weight is 371 g/mol. The summed E-state index contributed by atoms with van der Waals surface area (Å²) in [7, 11) is 0. The van der Waals surface area contributed by atoms with E-state index in [2.05, 4.69) is 67.6 Å². The van der Waals surface area contributed by atoms with E-state index < -0.39 is 0 Å². The van der Waals surface area contributed by atoms with Crippen molar-refractivity contribution in [3.63, 3.8) is 0 Å². The summed E-state index contributed by atoms with van der Waals surface area (Å²) >= 11 is 0. The van der Waals surface area contributed by atoms with E-state index in [-0.39, 0.29) is 34.3 Å². The molecule has 156 valence electrons. The molecule has 0 heterocycles. The van der Waals surface area contributed by atoms with Crippen LogP contribution < -0.4 is 11.1 Å². The zero-order valence-electron chi connectivity index (χ0n) is 19.0. The van der Waals surface area contributed by atoms with Crippen molar-refractivity contribution in [1.82, 2.24) is 5.32 Å². The minimum atomic E-state index is -0.230. The molecule has 4 nitrogen and oxygen atoms in total. The van der Waals surface area contributed by atoms with Gasteiger partial charge in [-0.1, -0.05) is 55.4 Å². The Balaban J connectivity index is 4.62. The van der Waals surface area contributed by atoms with Gasteiger partial charge in [-0.05, 0) is 54.8 Å². The second-order valence-electron chi connectivity index (χ2n) is 10.9. The number of nitrogens with one attached hydrogen (secondary N) is 1. The molecule has 0 fully saturated rings. The summed E-state index contributed by atoms with van der Waals surface area (Å²) in [6.45, 7) is 21.5. The fourth-order valence-corrected chi connectivity index (χ4v) is 4.00. The van der Waals surface area contributed by atoms with Gasteiger partial charge >= 0.3 is 0 Å². The van der Waals surface area contributed by atoms with Gasteiger partial charge in [0, 0.05) is 25.1 Å². The minimum Gasteiger partial charge on any atom is -0.396 e. The molecule has 1 amide bonds. The molecule has 0 radical (unpaired) electrons. The lowest BCUT2D eigenvalue weighted by Crippen LogP contribution is -2.50. The SMILES string of the molecule is CC(CCNC(=O)CCCO)CC(C)(N)CC(C)(C)C(C)(C)C(C)(C)C. The van der Waals surface area contributed by atoms with Crippen molar-refractivity contribution in [1.29, 1.82) is 0 Å². The average Bonchev–Trinajstić information content (AvgIpc) is 2.41. The van der Waals surface area contributed by atoms with Gasteiger partial charge in [0.25, 0.3) is 0 Å². The largest absolute Gasteiger partial charge is 0.396 e. The second-order valence-corrected chi connectivity index (χ2v) is 10.9. The molecule has 0 saturated carbocycles. The van der Waals surface area contributed by atoms with Crippen LogP contribution in [0.4, 0.5) is 0 Å². The van der Waals surface area contributed by atoms with E-state index in [0.717, 1.165) is 19.3 Å². The quantitative estimate of drug-likeness (QED) is 0.501. The first-order valence-electron chi connectivity index (χ1n) is 10.2. The van der Waals surface area contributed by atoms with Gasteiger partial charge in [-0.3, -0.25) is 4.79 Å². The van der Waals surface area contributed by atoms with Gasteiger partial charge in [-0.25, -0.2) is 0 Å². The highest BCUT2D eigenvalue weighted by atomic mass is 16.3. The van der Waals surface area contributed by atoms with Crippen molar-refractivity contribution in [2.24, 2.45) is 27.9 Å². The standard InChI is InChI=1S/C22H46N2O2/c1-17(12-13-24-18(26)11-10-14-25)15-22(9,23)16-20(5,6)21(7,8)19(2,3)4/h17,25H,10-16,23H2,1-9H3,(H,24,26). The van der Waals surface area contributed by atoms with Crippen LogP contribution in [-0.4, -0.2) is 29.7 Å². The van der Waals surface area contributed by atoms with Gasteiger partial charge in [-0.2, -0.15) is 0 Å². The maximum absolute atomic E-state index is 11.6. The summed E-state index contributed by atoms with van der Waals surface area (Å²) < 4.78 is 0. The molecule has 0 aromatic heterocycles. The molecule has 0 rings (SSSR count). The Morgan fingerprint density at radius 2 is 1.62 bits per heavy atom. The van der Waals surface area contributed by atoms with E-state index in [1.807, 2.05) is 0 Å². The van der Waals surface area contributed by atoms with Crippen molar-refractivity contribution in [3.8, 4) is 0 Å². The van der Waals surface area contributed by atoms with Crippen LogP contribution in [0.5, 0.6) is 0 Å². The Hall–Kier alpha value is -0.610. The van der Waals surface area contributed by atoms with Crippen LogP contribution in [0.15, 0.2) is 0 Å². The van der Waals surface area contributed by atoms with Crippen LogP contribution in [0.2, 0.25) is 0 Å². The molecule has 0 aliphatic carbocycles. The smallest absolute Gasteiger partial charge is 0.220 e. The van der Waals surface area contributed by atoms with Crippen LogP contribution in [0, 0.1) is 22.2 Å². The Morgan fingerprint density at radius 3 is 2.08 bits per heavy atom. The van der Waals surface area contributed by atoms with Gasteiger partial charge in [0.2, 0.25) is 5.91 Å². The van der Waals surface area contributed by atoms with Crippen LogP contribution in [0.25, 0.3) is 0 Å². The van der Waals surface area contributed by atoms with E-state index >= 15 is 0 Å². The molecule has 4 heteroatoms. The third-order valence-electron chi connectivity index (χ3n) is 6.75. The Kier molecular flexibility index (Phi) is 9.32. The van der Waals surface area contributed by atoms with Gasteiger partial charge in [0.1, 0.15) is 0 Å². The number of hydrogen-bond donors (Lipinski definition) is 3. The number of rotatable bonds is 11. The lowest BCUT2D eigenvalue weighted by molar-refractivity contribution is -0.121. The maximum Gasteiger partial charge on any atom is 0.220 e. The number of aliphatic hydroxyl groups excluding tert-OH is 1. The lowest BCUT2D eigenvalue weighted by atomic mass is 9.52. The highest BCUT2D eigenvalue weighted by Crippen LogP contribution is 2.54. The Bertz CT molecular complexity index is 434. The lowest BCUT2D eigenvalue weighted by Gasteiger charge is -2.53. The van der Waals surface area contributed by atoms with Crippen molar-refractivity contribution in [2.75, 3.05) is 13.2 Å². The van der Waals surface area contributed by atoms with Crippen molar-refractivity contribution >= 4 is 5.91 Å². The number of carbonyl (C=O) groups is 1. The molecule has 2 atom stereocenters. The fourth-order valence-electron chi connectivity index (χ4n) is 4.00. The first-order chi connectivity index (χ1) is 11.6. The second kappa shape index (κ2) is 9.54. The van der Waals surface area contributed by atoms with Gasteiger partial charge in [0.15, 0.2) is 0 Å². The molecule has 0 aliphatic rings. The summed E-state index contributed by atoms with van der Waals surface area (Å²) in [6.07, 6.45) is 3.78. The summed E-state index contributed by atoms with van der Waals surface area (Å²) in [5.41, 5.74) is 6.98. The normalized spacial score (nSPS) is 16.9. The minimum absolute atomic E-state index is 0.0230. The molecule has 2 unspecified atom stereocenters. The molecule has 26 heavy (non-hydrogen) atoms. The van der Waals surface area contributed by atoms with Gasteiger partial charge < -0.3 is 16.2 Å². The van der Waals surface area contributed by atoms with Gasteiger partial charge in [0.05, 0.1) is 0 Å². The van der Waals surface area contributed by atoms with E-state index in [1.165, 1.54) is 0 Å². The Labute approximate surface area is 162 Å². The Morgan fingerprint density at radius 1 is 1.08 bits per heavy atom. The highest BCUT2D eigenvalue weighted by molar-refractivity contribution is 5.75. The van der Waals surface area contributed by atoms with Crippen LogP contribution in [0.3, 0.4) is 0 Å². The summed E-state index contributed by atoms with van der Waals surface area (Å²) in [6, 6.07) is 0. The van der Waals surface area contributed by atoms with Crippen LogP contribution >= 0.6 is 0 Å². The monoisotopic (exact) mass is 370 g/mol. The molecule has 4 N–H and O–H groups in total. The number of aliphatic hydroxyl groups is 1. The summed E-state index contributed by atoms with van der Waals surface area (Å²) in [4.78, 5) is 11.6. The zero-order chi connectivity index (χ0) is 20.8. The number of carbonyl (C=O) groups excluding carboxylic acids is 1. The van der Waals surface area contributed by atoms with E-state index in [9.17, 15) is 4.79 Å². The van der Waals surface area contributed by atoms with Crippen LogP contribution in [-0.2, 0) is 4.79 Å². The molecule has 0 saturated heterocycles. The molecular formula is C22H46N2O2. The van der Waals surface area contributed by atoms with Gasteiger partial charge in [-0.15, -0.1) is 0 Å². The van der Waals surface area contributed by atoms with Crippen molar-refractivity contribution in [2.45, 2.75) is 100.0 Å². The fraction of sp³-hybridized carbons (Fsp3) is 0.955. The van der Waals surface area contributed by atoms with E-state index in [0.29, 0.717) is 25.3 Å². The molecule has 0 bridgehead atoms. The van der Waals surface area contributed by atoms with Crippen LogP contribution in [0.1, 0.15) is 94.4 Å². The van der Waals surface area contributed by atoms with E-state index in [4.69, 9.17) is 10.8 Å².